The summed E-state index contributed by atoms with van der Waals surface area (Å²) in [5.41, 5.74) is 1.74. The first-order valence-electron chi connectivity index (χ1n) is 7.00. The Labute approximate surface area is 114 Å². The summed E-state index contributed by atoms with van der Waals surface area (Å²) >= 11 is 0. The number of benzene rings is 1. The van der Waals surface area contributed by atoms with Crippen LogP contribution in [0.15, 0.2) is 18.2 Å². The molecule has 0 amide bonds. The molecule has 0 aliphatic carbocycles. The first-order chi connectivity index (χ1) is 9.11. The summed E-state index contributed by atoms with van der Waals surface area (Å²) in [6.45, 7) is 9.18. The molecule has 0 saturated carbocycles. The third-order valence-electron chi connectivity index (χ3n) is 3.37. The highest BCUT2D eigenvalue weighted by atomic mass is 19.1. The number of nitrogens with zero attached hydrogens (tertiary/aromatic N) is 1. The lowest BCUT2D eigenvalue weighted by molar-refractivity contribution is -0.00544. The van der Waals surface area contributed by atoms with Crippen LogP contribution in [0.2, 0.25) is 0 Å². The normalized spacial score (nSPS) is 23.7. The number of morpholine rings is 1. The van der Waals surface area contributed by atoms with Crippen LogP contribution in [0, 0.1) is 5.82 Å². The van der Waals surface area contributed by atoms with Crippen LogP contribution in [0.3, 0.4) is 0 Å². The van der Waals surface area contributed by atoms with Gasteiger partial charge in [-0.2, -0.15) is 0 Å². The summed E-state index contributed by atoms with van der Waals surface area (Å²) in [4.78, 5) is 2.11. The summed E-state index contributed by atoms with van der Waals surface area (Å²) in [7, 11) is 0. The van der Waals surface area contributed by atoms with E-state index in [-0.39, 0.29) is 18.0 Å². The highest BCUT2D eigenvalue weighted by molar-refractivity contribution is 5.55. The zero-order valence-corrected chi connectivity index (χ0v) is 11.9. The summed E-state index contributed by atoms with van der Waals surface area (Å²) < 4.78 is 19.9. The molecule has 1 fully saturated rings. The van der Waals surface area contributed by atoms with Crippen LogP contribution in [-0.2, 0) is 11.3 Å². The number of halogens is 1. The van der Waals surface area contributed by atoms with E-state index in [9.17, 15) is 4.39 Å². The van der Waals surface area contributed by atoms with E-state index in [4.69, 9.17) is 4.74 Å². The molecule has 3 nitrogen and oxygen atoms in total. The van der Waals surface area contributed by atoms with Gasteiger partial charge in [0.2, 0.25) is 0 Å². The van der Waals surface area contributed by atoms with E-state index in [2.05, 4.69) is 17.1 Å². The standard InChI is InChI=1S/C15H23FN2O/c1-4-17-8-13-6-5-7-14(16)15(13)18-9-11(2)19-12(3)10-18/h5-7,11-12,17H,4,8-10H2,1-3H3. The Morgan fingerprint density at radius 3 is 2.63 bits per heavy atom. The molecule has 1 aromatic carbocycles. The van der Waals surface area contributed by atoms with Gasteiger partial charge in [-0.15, -0.1) is 0 Å². The van der Waals surface area contributed by atoms with Crippen LogP contribution in [0.5, 0.6) is 0 Å². The quantitative estimate of drug-likeness (QED) is 0.906. The van der Waals surface area contributed by atoms with Gasteiger partial charge in [-0.1, -0.05) is 19.1 Å². The van der Waals surface area contributed by atoms with Gasteiger partial charge in [-0.05, 0) is 32.0 Å². The average molecular weight is 266 g/mol. The Morgan fingerprint density at radius 2 is 2.00 bits per heavy atom. The lowest BCUT2D eigenvalue weighted by Crippen LogP contribution is -2.46. The Balaban J connectivity index is 2.26. The lowest BCUT2D eigenvalue weighted by atomic mass is 10.1. The van der Waals surface area contributed by atoms with Crippen molar-refractivity contribution in [2.75, 3.05) is 24.5 Å². The maximum absolute atomic E-state index is 14.2. The van der Waals surface area contributed by atoms with Crippen LogP contribution in [0.1, 0.15) is 26.3 Å². The summed E-state index contributed by atoms with van der Waals surface area (Å²) in [6.07, 6.45) is 0.269. The highest BCUT2D eigenvalue weighted by Gasteiger charge is 2.25. The van der Waals surface area contributed by atoms with Gasteiger partial charge in [0.25, 0.3) is 0 Å². The molecule has 0 spiro atoms. The Kier molecular flexibility index (Phi) is 4.77. The van der Waals surface area contributed by atoms with Gasteiger partial charge < -0.3 is 15.0 Å². The number of anilines is 1. The van der Waals surface area contributed by atoms with Gasteiger partial charge >= 0.3 is 0 Å². The fourth-order valence-corrected chi connectivity index (χ4v) is 2.68. The van der Waals surface area contributed by atoms with Gasteiger partial charge in [-0.3, -0.25) is 0 Å². The second kappa shape index (κ2) is 6.35. The van der Waals surface area contributed by atoms with E-state index in [1.54, 1.807) is 6.07 Å². The molecule has 1 heterocycles. The van der Waals surface area contributed by atoms with Gasteiger partial charge in [-0.25, -0.2) is 4.39 Å². The Bertz CT molecular complexity index is 415. The third kappa shape index (κ3) is 3.45. The molecule has 1 aliphatic rings. The molecule has 2 atom stereocenters. The second-order valence-electron chi connectivity index (χ2n) is 5.19. The van der Waals surface area contributed by atoms with Gasteiger partial charge in [0.05, 0.1) is 17.9 Å². The van der Waals surface area contributed by atoms with Crippen molar-refractivity contribution in [3.63, 3.8) is 0 Å². The predicted octanol–water partition coefficient (Wildman–Crippen LogP) is 2.55. The van der Waals surface area contributed by atoms with Crippen LogP contribution in [0.4, 0.5) is 10.1 Å². The first-order valence-corrected chi connectivity index (χ1v) is 7.00. The van der Waals surface area contributed by atoms with Crippen LogP contribution in [-0.4, -0.2) is 31.8 Å². The maximum atomic E-state index is 14.2. The fourth-order valence-electron chi connectivity index (χ4n) is 2.68. The van der Waals surface area contributed by atoms with E-state index in [0.29, 0.717) is 6.54 Å². The lowest BCUT2D eigenvalue weighted by Gasteiger charge is -2.38. The van der Waals surface area contributed by atoms with Crippen molar-refractivity contribution in [1.82, 2.24) is 5.32 Å². The highest BCUT2D eigenvalue weighted by Crippen LogP contribution is 2.27. The number of para-hydroxylation sites is 1. The molecule has 1 aliphatic heterocycles. The molecule has 2 unspecified atom stereocenters. The minimum Gasteiger partial charge on any atom is -0.372 e. The van der Waals surface area contributed by atoms with Crippen molar-refractivity contribution in [3.8, 4) is 0 Å². The van der Waals surface area contributed by atoms with Crippen molar-refractivity contribution in [1.29, 1.82) is 0 Å². The van der Waals surface area contributed by atoms with Crippen LogP contribution >= 0.6 is 0 Å². The Morgan fingerprint density at radius 1 is 1.32 bits per heavy atom. The number of hydrogen-bond donors (Lipinski definition) is 1. The number of rotatable bonds is 4. The summed E-state index contributed by atoms with van der Waals surface area (Å²) in [6, 6.07) is 5.31. The minimum absolute atomic E-state index is 0.135. The Hall–Kier alpha value is -1.13. The van der Waals surface area contributed by atoms with Gasteiger partial charge in [0, 0.05) is 19.6 Å². The SMILES string of the molecule is CCNCc1cccc(F)c1N1CC(C)OC(C)C1. The molecular formula is C15H23FN2O. The molecular weight excluding hydrogens is 243 g/mol. The van der Waals surface area contributed by atoms with Crippen LogP contribution in [0.25, 0.3) is 0 Å². The number of hydrogen-bond acceptors (Lipinski definition) is 3. The van der Waals surface area contributed by atoms with Crippen LogP contribution < -0.4 is 10.2 Å². The maximum Gasteiger partial charge on any atom is 0.146 e. The zero-order valence-electron chi connectivity index (χ0n) is 11.9. The molecule has 0 aromatic heterocycles. The van der Waals surface area contributed by atoms with E-state index in [1.165, 1.54) is 6.07 Å². The van der Waals surface area contributed by atoms with E-state index in [0.717, 1.165) is 30.9 Å². The molecule has 106 valence electrons. The average Bonchev–Trinajstić information content (AvgIpc) is 2.35. The second-order valence-corrected chi connectivity index (χ2v) is 5.19. The number of ether oxygens (including phenoxy) is 1. The largest absolute Gasteiger partial charge is 0.372 e. The fraction of sp³-hybridized carbons (Fsp3) is 0.600. The topological polar surface area (TPSA) is 24.5 Å². The zero-order chi connectivity index (χ0) is 13.8. The van der Waals surface area contributed by atoms with Gasteiger partial charge in [0.15, 0.2) is 0 Å². The van der Waals surface area contributed by atoms with Gasteiger partial charge in [0.1, 0.15) is 5.82 Å². The van der Waals surface area contributed by atoms with Crippen molar-refractivity contribution >= 4 is 5.69 Å². The van der Waals surface area contributed by atoms with E-state index in [1.807, 2.05) is 19.9 Å². The molecule has 0 bridgehead atoms. The smallest absolute Gasteiger partial charge is 0.146 e. The molecule has 2 rings (SSSR count). The summed E-state index contributed by atoms with van der Waals surface area (Å²) in [5.74, 6) is -0.142. The molecule has 1 saturated heterocycles. The van der Waals surface area contributed by atoms with Crippen molar-refractivity contribution in [2.45, 2.75) is 39.5 Å². The molecule has 4 heteroatoms. The molecule has 1 N–H and O–H groups in total. The third-order valence-corrected chi connectivity index (χ3v) is 3.37. The van der Waals surface area contributed by atoms with Crippen molar-refractivity contribution in [3.05, 3.63) is 29.6 Å². The molecule has 19 heavy (non-hydrogen) atoms. The molecule has 1 aromatic rings. The van der Waals surface area contributed by atoms with Crippen molar-refractivity contribution < 1.29 is 9.13 Å². The first kappa shape index (κ1) is 14.3. The van der Waals surface area contributed by atoms with Crippen molar-refractivity contribution in [2.24, 2.45) is 0 Å². The predicted molar refractivity (Wildman–Crippen MR) is 76.0 cm³/mol. The monoisotopic (exact) mass is 266 g/mol. The minimum atomic E-state index is -0.142. The summed E-state index contributed by atoms with van der Waals surface area (Å²) in [5, 5.41) is 3.27. The number of nitrogens with one attached hydrogen (secondary N) is 1. The van der Waals surface area contributed by atoms with E-state index < -0.39 is 0 Å². The molecule has 0 radical (unpaired) electrons. The van der Waals surface area contributed by atoms with E-state index >= 15 is 0 Å².